The quantitative estimate of drug-likeness (QED) is 0.712. The third-order valence-electron chi connectivity index (χ3n) is 3.49. The highest BCUT2D eigenvalue weighted by atomic mass is 15.1. The number of anilines is 1. The first-order chi connectivity index (χ1) is 10.0. The number of hydrogen-bond donors (Lipinski definition) is 1. The van der Waals surface area contributed by atoms with Gasteiger partial charge in [0.05, 0.1) is 18.1 Å². The zero-order valence-corrected chi connectivity index (χ0v) is 14.4. The van der Waals surface area contributed by atoms with E-state index >= 15 is 0 Å². The summed E-state index contributed by atoms with van der Waals surface area (Å²) in [5, 5.41) is 3.18. The molecule has 0 bridgehead atoms. The summed E-state index contributed by atoms with van der Waals surface area (Å²) in [6.07, 6.45) is 6.21. The normalized spacial score (nSPS) is 11.6. The minimum atomic E-state index is 0.744. The lowest BCUT2D eigenvalue weighted by Gasteiger charge is -2.23. The molecule has 120 valence electrons. The highest BCUT2D eigenvalue weighted by Gasteiger charge is 2.09. The Kier molecular flexibility index (Phi) is 8.28. The molecule has 0 radical (unpaired) electrons. The molecule has 0 atom stereocenters. The van der Waals surface area contributed by atoms with Crippen molar-refractivity contribution in [2.75, 3.05) is 25.0 Å². The molecule has 0 fully saturated rings. The summed E-state index contributed by atoms with van der Waals surface area (Å²) >= 11 is 0. The lowest BCUT2D eigenvalue weighted by atomic mass is 10.1. The van der Waals surface area contributed by atoms with Crippen molar-refractivity contribution in [2.45, 2.75) is 54.0 Å². The van der Waals surface area contributed by atoms with E-state index in [0.29, 0.717) is 0 Å². The molecule has 1 aromatic heterocycles. The molecule has 0 unspecified atom stereocenters. The summed E-state index contributed by atoms with van der Waals surface area (Å²) < 4.78 is 0. The lowest BCUT2D eigenvalue weighted by molar-refractivity contribution is 0.233. The Labute approximate surface area is 130 Å². The predicted octanol–water partition coefficient (Wildman–Crippen LogP) is 3.80. The molecule has 0 amide bonds. The maximum atomic E-state index is 4.52. The molecular formula is C17H32N4. The van der Waals surface area contributed by atoms with Crippen LogP contribution >= 0.6 is 0 Å². The van der Waals surface area contributed by atoms with Crippen LogP contribution in [0.1, 0.15) is 53.2 Å². The van der Waals surface area contributed by atoms with E-state index in [9.17, 15) is 0 Å². The molecule has 0 aromatic carbocycles. The highest BCUT2D eigenvalue weighted by Crippen LogP contribution is 2.10. The van der Waals surface area contributed by atoms with Gasteiger partial charge >= 0.3 is 0 Å². The standard InChI is InChI=1S/C17H32N4/c1-6-18-17-12-19-16(11-20-17)13-21(9-7-14(2)3)10-8-15(4)5/h11-12,14-15H,6-10,13H2,1-5H3,(H,18,20). The number of rotatable bonds is 10. The van der Waals surface area contributed by atoms with Gasteiger partial charge in [-0.15, -0.1) is 0 Å². The highest BCUT2D eigenvalue weighted by molar-refractivity contribution is 5.30. The van der Waals surface area contributed by atoms with Crippen LogP contribution in [0.3, 0.4) is 0 Å². The number of hydrogen-bond acceptors (Lipinski definition) is 4. The second kappa shape index (κ2) is 9.72. The number of nitrogens with one attached hydrogen (secondary N) is 1. The summed E-state index contributed by atoms with van der Waals surface area (Å²) in [6, 6.07) is 0. The monoisotopic (exact) mass is 292 g/mol. The summed E-state index contributed by atoms with van der Waals surface area (Å²) in [5.74, 6) is 2.35. The molecule has 1 rings (SSSR count). The second-order valence-electron chi connectivity index (χ2n) is 6.56. The summed E-state index contributed by atoms with van der Waals surface area (Å²) in [6.45, 7) is 15.3. The maximum absolute atomic E-state index is 4.52. The molecule has 0 aliphatic rings. The van der Waals surface area contributed by atoms with E-state index < -0.39 is 0 Å². The van der Waals surface area contributed by atoms with E-state index in [1.54, 1.807) is 0 Å². The van der Waals surface area contributed by atoms with Gasteiger partial charge in [0.1, 0.15) is 5.82 Å². The average Bonchev–Trinajstić information content (AvgIpc) is 2.44. The van der Waals surface area contributed by atoms with Crippen LogP contribution < -0.4 is 5.32 Å². The van der Waals surface area contributed by atoms with Gasteiger partial charge in [0.2, 0.25) is 0 Å². The lowest BCUT2D eigenvalue weighted by Crippen LogP contribution is -2.28. The molecular weight excluding hydrogens is 260 g/mol. The molecule has 1 heterocycles. The van der Waals surface area contributed by atoms with Gasteiger partial charge < -0.3 is 5.32 Å². The van der Waals surface area contributed by atoms with Crippen LogP contribution in [0.4, 0.5) is 5.82 Å². The zero-order chi connectivity index (χ0) is 15.7. The Morgan fingerprint density at radius 1 is 1.00 bits per heavy atom. The fourth-order valence-corrected chi connectivity index (χ4v) is 2.09. The number of nitrogens with zero attached hydrogens (tertiary/aromatic N) is 3. The molecule has 1 aromatic rings. The Balaban J connectivity index is 2.56. The smallest absolute Gasteiger partial charge is 0.144 e. The predicted molar refractivity (Wildman–Crippen MR) is 90.4 cm³/mol. The fraction of sp³-hybridized carbons (Fsp3) is 0.765. The molecule has 0 saturated heterocycles. The van der Waals surface area contributed by atoms with Crippen molar-refractivity contribution in [3.8, 4) is 0 Å². The second-order valence-corrected chi connectivity index (χ2v) is 6.56. The molecule has 0 aliphatic carbocycles. The van der Waals surface area contributed by atoms with Gasteiger partial charge in [-0.2, -0.15) is 0 Å². The molecule has 4 nitrogen and oxygen atoms in total. The van der Waals surface area contributed by atoms with E-state index in [2.05, 4.69) is 54.8 Å². The third kappa shape index (κ3) is 8.00. The fourth-order valence-electron chi connectivity index (χ4n) is 2.09. The SMILES string of the molecule is CCNc1cnc(CN(CCC(C)C)CCC(C)C)cn1. The van der Waals surface area contributed by atoms with Gasteiger partial charge in [0, 0.05) is 13.1 Å². The summed E-state index contributed by atoms with van der Waals surface area (Å²) in [7, 11) is 0. The zero-order valence-electron chi connectivity index (χ0n) is 14.4. The first-order valence-corrected chi connectivity index (χ1v) is 8.28. The summed E-state index contributed by atoms with van der Waals surface area (Å²) in [5.41, 5.74) is 1.06. The van der Waals surface area contributed by atoms with Crippen LogP contribution in [0.25, 0.3) is 0 Å². The van der Waals surface area contributed by atoms with Gasteiger partial charge in [-0.05, 0) is 44.7 Å². The van der Waals surface area contributed by atoms with Gasteiger partial charge in [-0.3, -0.25) is 9.88 Å². The van der Waals surface area contributed by atoms with Crippen LogP contribution in [-0.4, -0.2) is 34.5 Å². The molecule has 4 heteroatoms. The molecule has 0 aliphatic heterocycles. The van der Waals surface area contributed by atoms with Crippen molar-refractivity contribution in [3.63, 3.8) is 0 Å². The van der Waals surface area contributed by atoms with Crippen LogP contribution in [-0.2, 0) is 6.54 Å². The van der Waals surface area contributed by atoms with E-state index in [1.165, 1.54) is 12.8 Å². The molecule has 21 heavy (non-hydrogen) atoms. The average molecular weight is 292 g/mol. The maximum Gasteiger partial charge on any atom is 0.144 e. The van der Waals surface area contributed by atoms with Crippen LogP contribution in [0.2, 0.25) is 0 Å². The Hall–Kier alpha value is -1.16. The minimum Gasteiger partial charge on any atom is -0.369 e. The number of aromatic nitrogens is 2. The molecule has 0 saturated carbocycles. The Morgan fingerprint density at radius 2 is 1.62 bits per heavy atom. The Morgan fingerprint density at radius 3 is 2.05 bits per heavy atom. The van der Waals surface area contributed by atoms with Gasteiger partial charge in [-0.1, -0.05) is 27.7 Å². The van der Waals surface area contributed by atoms with Crippen molar-refractivity contribution in [1.29, 1.82) is 0 Å². The van der Waals surface area contributed by atoms with Gasteiger partial charge in [0.25, 0.3) is 0 Å². The van der Waals surface area contributed by atoms with Crippen LogP contribution in [0.15, 0.2) is 12.4 Å². The van der Waals surface area contributed by atoms with Crippen LogP contribution in [0, 0.1) is 11.8 Å². The van der Waals surface area contributed by atoms with Crippen molar-refractivity contribution in [2.24, 2.45) is 11.8 Å². The third-order valence-corrected chi connectivity index (χ3v) is 3.49. The van der Waals surface area contributed by atoms with E-state index in [-0.39, 0.29) is 0 Å². The molecule has 1 N–H and O–H groups in total. The van der Waals surface area contributed by atoms with Gasteiger partial charge in [-0.25, -0.2) is 4.98 Å². The van der Waals surface area contributed by atoms with Crippen molar-refractivity contribution in [3.05, 3.63) is 18.1 Å². The first kappa shape index (κ1) is 17.9. The van der Waals surface area contributed by atoms with E-state index in [1.807, 2.05) is 12.4 Å². The summed E-state index contributed by atoms with van der Waals surface area (Å²) in [4.78, 5) is 11.4. The van der Waals surface area contributed by atoms with Crippen molar-refractivity contribution >= 4 is 5.82 Å². The van der Waals surface area contributed by atoms with E-state index in [4.69, 9.17) is 0 Å². The van der Waals surface area contributed by atoms with Crippen molar-refractivity contribution < 1.29 is 0 Å². The van der Waals surface area contributed by atoms with Crippen molar-refractivity contribution in [1.82, 2.24) is 14.9 Å². The topological polar surface area (TPSA) is 41.1 Å². The van der Waals surface area contributed by atoms with E-state index in [0.717, 1.165) is 49.5 Å². The Bertz CT molecular complexity index is 361. The first-order valence-electron chi connectivity index (χ1n) is 8.28. The molecule has 0 spiro atoms. The largest absolute Gasteiger partial charge is 0.369 e. The van der Waals surface area contributed by atoms with Gasteiger partial charge in [0.15, 0.2) is 0 Å². The minimum absolute atomic E-state index is 0.744. The van der Waals surface area contributed by atoms with Crippen LogP contribution in [0.5, 0.6) is 0 Å².